The lowest BCUT2D eigenvalue weighted by Crippen LogP contribution is -1.98. The van der Waals surface area contributed by atoms with E-state index in [4.69, 9.17) is 0 Å². The van der Waals surface area contributed by atoms with Crippen LogP contribution in [0.25, 0.3) is 0 Å². The number of hydrogen-bond acceptors (Lipinski definition) is 2. The Bertz CT molecular complexity index is 250. The molecule has 0 atom stereocenters. The van der Waals surface area contributed by atoms with Gasteiger partial charge in [-0.05, 0) is 44.8 Å². The van der Waals surface area contributed by atoms with E-state index in [1.54, 1.807) is 6.20 Å². The van der Waals surface area contributed by atoms with Crippen molar-refractivity contribution in [1.29, 1.82) is 0 Å². The maximum atomic E-state index is 4.10. The van der Waals surface area contributed by atoms with Crippen molar-refractivity contribution < 1.29 is 0 Å². The predicted octanol–water partition coefficient (Wildman–Crippen LogP) is 3.04. The molecule has 0 saturated carbocycles. The first-order valence-corrected chi connectivity index (χ1v) is 4.87. The molecule has 0 aliphatic heterocycles. The molecule has 0 radical (unpaired) electrons. The number of aromatic nitrogens is 1. The molecule has 0 aliphatic carbocycles. The van der Waals surface area contributed by atoms with Crippen LogP contribution in [0.1, 0.15) is 6.92 Å². The molecule has 60 valence electrons. The smallest absolute Gasteiger partial charge is 0.129 e. The van der Waals surface area contributed by atoms with Gasteiger partial charge < -0.3 is 5.32 Å². The minimum Gasteiger partial charge on any atom is -0.383 e. The van der Waals surface area contributed by atoms with Gasteiger partial charge in [-0.3, -0.25) is 0 Å². The zero-order chi connectivity index (χ0) is 8.27. The second kappa shape index (κ2) is 4.07. The van der Waals surface area contributed by atoms with Crippen molar-refractivity contribution in [3.05, 3.63) is 21.3 Å². The standard InChI is InChI=1S/C7H8Br2N2/c1-2-10-6-3-5(8)4-11-7(6)9/h3-4,10H,2H2,1H3. The van der Waals surface area contributed by atoms with Crippen LogP contribution in [0.4, 0.5) is 5.69 Å². The molecule has 1 N–H and O–H groups in total. The van der Waals surface area contributed by atoms with Crippen molar-refractivity contribution in [2.24, 2.45) is 0 Å². The molecule has 4 heteroatoms. The number of pyridine rings is 1. The Kier molecular flexibility index (Phi) is 3.33. The fourth-order valence-corrected chi connectivity index (χ4v) is 1.43. The first-order chi connectivity index (χ1) is 5.24. The van der Waals surface area contributed by atoms with E-state index >= 15 is 0 Å². The van der Waals surface area contributed by atoms with Crippen molar-refractivity contribution >= 4 is 37.5 Å². The van der Waals surface area contributed by atoms with Gasteiger partial charge >= 0.3 is 0 Å². The van der Waals surface area contributed by atoms with Crippen molar-refractivity contribution in [1.82, 2.24) is 4.98 Å². The summed E-state index contributed by atoms with van der Waals surface area (Å²) in [5.41, 5.74) is 1.02. The molecule has 0 aliphatic rings. The lowest BCUT2D eigenvalue weighted by molar-refractivity contribution is 1.17. The molecule has 0 fully saturated rings. The van der Waals surface area contributed by atoms with Crippen molar-refractivity contribution in [2.75, 3.05) is 11.9 Å². The van der Waals surface area contributed by atoms with Crippen LogP contribution in [-0.4, -0.2) is 11.5 Å². The second-order valence-corrected chi connectivity index (χ2v) is 3.69. The Labute approximate surface area is 82.7 Å². The number of nitrogens with one attached hydrogen (secondary N) is 1. The maximum Gasteiger partial charge on any atom is 0.129 e. The normalized spacial score (nSPS) is 9.73. The zero-order valence-electron chi connectivity index (χ0n) is 6.06. The summed E-state index contributed by atoms with van der Waals surface area (Å²) < 4.78 is 1.83. The van der Waals surface area contributed by atoms with E-state index in [-0.39, 0.29) is 0 Å². The van der Waals surface area contributed by atoms with Crippen LogP contribution in [0, 0.1) is 0 Å². The van der Waals surface area contributed by atoms with Crippen LogP contribution in [0.3, 0.4) is 0 Å². The monoisotopic (exact) mass is 278 g/mol. The molecule has 0 aromatic carbocycles. The van der Waals surface area contributed by atoms with Gasteiger partial charge in [-0.25, -0.2) is 4.98 Å². The average molecular weight is 280 g/mol. The average Bonchev–Trinajstić information content (AvgIpc) is 1.98. The van der Waals surface area contributed by atoms with Gasteiger partial charge in [0.2, 0.25) is 0 Å². The maximum absolute atomic E-state index is 4.10. The lowest BCUT2D eigenvalue weighted by atomic mass is 10.4. The van der Waals surface area contributed by atoms with Crippen LogP contribution < -0.4 is 5.32 Å². The molecule has 0 bridgehead atoms. The number of nitrogens with zero attached hydrogens (tertiary/aromatic N) is 1. The largest absolute Gasteiger partial charge is 0.383 e. The van der Waals surface area contributed by atoms with E-state index in [9.17, 15) is 0 Å². The van der Waals surface area contributed by atoms with Crippen molar-refractivity contribution in [3.8, 4) is 0 Å². The molecule has 2 nitrogen and oxygen atoms in total. The van der Waals surface area contributed by atoms with Crippen LogP contribution in [0.5, 0.6) is 0 Å². The van der Waals surface area contributed by atoms with E-state index < -0.39 is 0 Å². The van der Waals surface area contributed by atoms with Crippen LogP contribution in [0.2, 0.25) is 0 Å². The number of halogens is 2. The Morgan fingerprint density at radius 3 is 2.91 bits per heavy atom. The summed E-state index contributed by atoms with van der Waals surface area (Å²) in [5, 5.41) is 3.18. The summed E-state index contributed by atoms with van der Waals surface area (Å²) in [4.78, 5) is 4.10. The van der Waals surface area contributed by atoms with Gasteiger partial charge in [0.25, 0.3) is 0 Å². The van der Waals surface area contributed by atoms with Crippen LogP contribution in [-0.2, 0) is 0 Å². The Morgan fingerprint density at radius 1 is 1.55 bits per heavy atom. The molecule has 1 rings (SSSR count). The molecule has 1 aromatic rings. The fourth-order valence-electron chi connectivity index (χ4n) is 0.737. The summed E-state index contributed by atoms with van der Waals surface area (Å²) in [7, 11) is 0. The SMILES string of the molecule is CCNc1cc(Br)cnc1Br. The summed E-state index contributed by atoms with van der Waals surface area (Å²) in [6.45, 7) is 2.95. The Balaban J connectivity index is 2.93. The fraction of sp³-hybridized carbons (Fsp3) is 0.286. The van der Waals surface area contributed by atoms with E-state index in [1.807, 2.05) is 13.0 Å². The molecule has 1 heterocycles. The van der Waals surface area contributed by atoms with E-state index in [0.717, 1.165) is 21.3 Å². The highest BCUT2D eigenvalue weighted by atomic mass is 79.9. The zero-order valence-corrected chi connectivity index (χ0v) is 9.24. The minimum absolute atomic E-state index is 0.850. The Morgan fingerprint density at radius 2 is 2.27 bits per heavy atom. The van der Waals surface area contributed by atoms with Gasteiger partial charge in [0, 0.05) is 17.2 Å². The van der Waals surface area contributed by atoms with Gasteiger partial charge in [0.1, 0.15) is 4.60 Å². The third-order valence-corrected chi connectivity index (χ3v) is 2.24. The molecular formula is C7H8Br2N2. The van der Waals surface area contributed by atoms with Crippen molar-refractivity contribution in [2.45, 2.75) is 6.92 Å². The van der Waals surface area contributed by atoms with Gasteiger partial charge in [0.15, 0.2) is 0 Å². The molecule has 0 saturated heterocycles. The van der Waals surface area contributed by atoms with Gasteiger partial charge in [0.05, 0.1) is 5.69 Å². The molecule has 0 unspecified atom stereocenters. The third-order valence-electron chi connectivity index (χ3n) is 1.17. The van der Waals surface area contributed by atoms with Gasteiger partial charge in [-0.15, -0.1) is 0 Å². The number of hydrogen-bond donors (Lipinski definition) is 1. The van der Waals surface area contributed by atoms with Crippen LogP contribution >= 0.6 is 31.9 Å². The third kappa shape index (κ3) is 2.45. The summed E-state index contributed by atoms with van der Waals surface area (Å²) in [5.74, 6) is 0. The first kappa shape index (κ1) is 9.00. The van der Waals surface area contributed by atoms with E-state index in [1.165, 1.54) is 0 Å². The first-order valence-electron chi connectivity index (χ1n) is 3.29. The predicted molar refractivity (Wildman–Crippen MR) is 53.8 cm³/mol. The summed E-state index contributed by atoms with van der Waals surface area (Å²) >= 11 is 6.68. The molecule has 1 aromatic heterocycles. The molecular weight excluding hydrogens is 272 g/mol. The van der Waals surface area contributed by atoms with E-state index in [2.05, 4.69) is 42.2 Å². The van der Waals surface area contributed by atoms with Gasteiger partial charge in [-0.2, -0.15) is 0 Å². The quantitative estimate of drug-likeness (QED) is 0.842. The van der Waals surface area contributed by atoms with Crippen LogP contribution in [0.15, 0.2) is 21.3 Å². The highest BCUT2D eigenvalue weighted by Gasteiger charge is 1.98. The minimum atomic E-state index is 0.850. The summed E-state index contributed by atoms with van der Waals surface area (Å²) in [6, 6.07) is 1.99. The highest BCUT2D eigenvalue weighted by molar-refractivity contribution is 9.11. The van der Waals surface area contributed by atoms with E-state index in [0.29, 0.717) is 0 Å². The van der Waals surface area contributed by atoms with Gasteiger partial charge in [-0.1, -0.05) is 0 Å². The topological polar surface area (TPSA) is 24.9 Å². The highest BCUT2D eigenvalue weighted by Crippen LogP contribution is 2.22. The molecule has 11 heavy (non-hydrogen) atoms. The molecule has 0 amide bonds. The number of rotatable bonds is 2. The molecule has 0 spiro atoms. The lowest BCUT2D eigenvalue weighted by Gasteiger charge is -2.04. The second-order valence-electron chi connectivity index (χ2n) is 2.02. The Hall–Kier alpha value is -0.0900. The number of anilines is 1. The summed E-state index contributed by atoms with van der Waals surface area (Å²) in [6.07, 6.45) is 1.75. The van der Waals surface area contributed by atoms with Crippen molar-refractivity contribution in [3.63, 3.8) is 0 Å².